The molecule has 0 amide bonds. The van der Waals surface area contributed by atoms with E-state index in [1.54, 1.807) is 16.4 Å². The van der Waals surface area contributed by atoms with Gasteiger partial charge in [-0.15, -0.1) is 0 Å². The van der Waals surface area contributed by atoms with E-state index in [0.717, 1.165) is 24.7 Å². The van der Waals surface area contributed by atoms with Crippen LogP contribution >= 0.6 is 0 Å². The van der Waals surface area contributed by atoms with Crippen molar-refractivity contribution in [3.63, 3.8) is 0 Å². The van der Waals surface area contributed by atoms with E-state index in [0.29, 0.717) is 11.3 Å². The molecule has 0 spiro atoms. The lowest BCUT2D eigenvalue weighted by molar-refractivity contribution is -0.116. The van der Waals surface area contributed by atoms with Gasteiger partial charge in [-0.25, -0.2) is 8.42 Å². The Hall–Kier alpha value is -1.20. The Balaban J connectivity index is 2.01. The van der Waals surface area contributed by atoms with Crippen LogP contribution in [0.5, 0.6) is 0 Å². The average Bonchev–Trinajstić information content (AvgIpc) is 2.95. The zero-order valence-electron chi connectivity index (χ0n) is 11.7. The number of carbonyl (C=O) groups is 1. The molecule has 0 radical (unpaired) electrons. The third-order valence-electron chi connectivity index (χ3n) is 4.74. The van der Waals surface area contributed by atoms with E-state index < -0.39 is 15.4 Å². The fraction of sp³-hybridized carbons (Fsp3) is 0.533. The van der Waals surface area contributed by atoms with Crippen molar-refractivity contribution in [1.29, 1.82) is 0 Å². The molecule has 2 bridgehead atoms. The topological polar surface area (TPSA) is 54.5 Å². The molecular formula is C15H19NO3S. The summed E-state index contributed by atoms with van der Waals surface area (Å²) in [5.41, 5.74) is 0.506. The van der Waals surface area contributed by atoms with Crippen molar-refractivity contribution in [3.8, 4) is 0 Å². The fourth-order valence-corrected chi connectivity index (χ4v) is 5.61. The van der Waals surface area contributed by atoms with E-state index in [9.17, 15) is 13.2 Å². The molecular weight excluding hydrogens is 274 g/mol. The number of hydrogen-bond donors (Lipinski definition) is 0. The van der Waals surface area contributed by atoms with Gasteiger partial charge in [0.1, 0.15) is 6.29 Å². The van der Waals surface area contributed by atoms with Crippen molar-refractivity contribution in [3.05, 3.63) is 29.8 Å². The fourth-order valence-electron chi connectivity index (χ4n) is 3.64. The van der Waals surface area contributed by atoms with Crippen LogP contribution in [0.1, 0.15) is 31.7 Å². The van der Waals surface area contributed by atoms with Crippen LogP contribution in [-0.4, -0.2) is 31.1 Å². The number of fused-ring (bicyclic) bond motifs is 2. The first-order valence-electron chi connectivity index (χ1n) is 6.95. The minimum absolute atomic E-state index is 0.0264. The summed E-state index contributed by atoms with van der Waals surface area (Å²) in [5.74, 6) is 0. The number of carbonyl (C=O) groups excluding carboxylic acids is 1. The first-order chi connectivity index (χ1) is 9.38. The largest absolute Gasteiger partial charge is 0.303 e. The number of sulfonamides is 1. The standard InChI is InChI=1S/C15H19NO3S/c1-11-3-6-13(7-4-11)20(18,19)16-12-5-8-14(16)15(2,9-12)10-17/h3-4,6-7,10,12,14H,5,8-9H2,1-2H3/t12-,14+,15+/m1/s1. The Morgan fingerprint density at radius 1 is 1.25 bits per heavy atom. The van der Waals surface area contributed by atoms with Gasteiger partial charge in [0.25, 0.3) is 0 Å². The number of aryl methyl sites for hydroxylation is 1. The number of rotatable bonds is 3. The summed E-state index contributed by atoms with van der Waals surface area (Å²) < 4.78 is 27.2. The second-order valence-electron chi connectivity index (χ2n) is 6.22. The number of aldehydes is 1. The summed E-state index contributed by atoms with van der Waals surface area (Å²) in [5, 5.41) is 0. The van der Waals surface area contributed by atoms with Crippen molar-refractivity contribution in [2.45, 2.75) is 50.1 Å². The number of hydrogen-bond acceptors (Lipinski definition) is 3. The Morgan fingerprint density at radius 2 is 1.90 bits per heavy atom. The smallest absolute Gasteiger partial charge is 0.243 e. The molecule has 0 aromatic heterocycles. The molecule has 2 aliphatic rings. The summed E-state index contributed by atoms with van der Waals surface area (Å²) in [4.78, 5) is 11.7. The third kappa shape index (κ3) is 1.84. The molecule has 5 heteroatoms. The van der Waals surface area contributed by atoms with Crippen molar-refractivity contribution in [2.24, 2.45) is 5.41 Å². The van der Waals surface area contributed by atoms with Crippen LogP contribution in [-0.2, 0) is 14.8 Å². The first-order valence-corrected chi connectivity index (χ1v) is 8.39. The molecule has 3 atom stereocenters. The third-order valence-corrected chi connectivity index (χ3v) is 6.72. The molecule has 1 aromatic rings. The number of benzene rings is 1. The predicted octanol–water partition coefficient (Wildman–Crippen LogP) is 2.13. The van der Waals surface area contributed by atoms with Gasteiger partial charge in [0.05, 0.1) is 4.90 Å². The monoisotopic (exact) mass is 293 g/mol. The van der Waals surface area contributed by atoms with Gasteiger partial charge in [0.2, 0.25) is 10.0 Å². The lowest BCUT2D eigenvalue weighted by Gasteiger charge is -2.28. The van der Waals surface area contributed by atoms with Crippen molar-refractivity contribution in [1.82, 2.24) is 4.31 Å². The summed E-state index contributed by atoms with van der Waals surface area (Å²) in [6.07, 6.45) is 3.23. The van der Waals surface area contributed by atoms with Crippen LogP contribution in [0, 0.1) is 12.3 Å². The Morgan fingerprint density at radius 3 is 2.45 bits per heavy atom. The molecule has 2 fully saturated rings. The van der Waals surface area contributed by atoms with Gasteiger partial charge in [-0.2, -0.15) is 4.31 Å². The van der Waals surface area contributed by atoms with Gasteiger partial charge in [-0.05, 0) is 38.3 Å². The van der Waals surface area contributed by atoms with Gasteiger partial charge in [-0.3, -0.25) is 0 Å². The highest BCUT2D eigenvalue weighted by Crippen LogP contribution is 2.50. The molecule has 2 aliphatic heterocycles. The Bertz CT molecular complexity index is 638. The van der Waals surface area contributed by atoms with E-state index in [1.807, 2.05) is 26.0 Å². The van der Waals surface area contributed by atoms with Crippen LogP contribution < -0.4 is 0 Å². The maximum Gasteiger partial charge on any atom is 0.243 e. The molecule has 0 unspecified atom stereocenters. The molecule has 0 aliphatic carbocycles. The summed E-state index contributed by atoms with van der Waals surface area (Å²) in [6, 6.07) is 6.72. The highest BCUT2D eigenvalue weighted by molar-refractivity contribution is 7.89. The molecule has 108 valence electrons. The normalized spacial score (nSPS) is 33.5. The van der Waals surface area contributed by atoms with Crippen LogP contribution in [0.2, 0.25) is 0 Å². The molecule has 0 N–H and O–H groups in total. The zero-order valence-corrected chi connectivity index (χ0v) is 12.6. The van der Waals surface area contributed by atoms with Crippen molar-refractivity contribution < 1.29 is 13.2 Å². The van der Waals surface area contributed by atoms with Gasteiger partial charge < -0.3 is 4.79 Å². The van der Waals surface area contributed by atoms with E-state index in [2.05, 4.69) is 0 Å². The highest BCUT2D eigenvalue weighted by atomic mass is 32.2. The molecule has 2 saturated heterocycles. The minimum Gasteiger partial charge on any atom is -0.303 e. The number of nitrogens with zero attached hydrogens (tertiary/aromatic N) is 1. The van der Waals surface area contributed by atoms with Gasteiger partial charge in [-0.1, -0.05) is 24.6 Å². The summed E-state index contributed by atoms with van der Waals surface area (Å²) in [6.45, 7) is 3.81. The highest BCUT2D eigenvalue weighted by Gasteiger charge is 2.57. The molecule has 0 saturated carbocycles. The predicted molar refractivity (Wildman–Crippen MR) is 75.8 cm³/mol. The van der Waals surface area contributed by atoms with Crippen LogP contribution in [0.3, 0.4) is 0 Å². The Kier molecular flexibility index (Phi) is 3.03. The van der Waals surface area contributed by atoms with Gasteiger partial charge >= 0.3 is 0 Å². The average molecular weight is 293 g/mol. The molecule has 1 aromatic carbocycles. The van der Waals surface area contributed by atoms with Crippen molar-refractivity contribution >= 4 is 16.3 Å². The van der Waals surface area contributed by atoms with E-state index in [4.69, 9.17) is 0 Å². The maximum atomic E-state index is 12.8. The summed E-state index contributed by atoms with van der Waals surface area (Å²) in [7, 11) is -3.50. The van der Waals surface area contributed by atoms with Gasteiger partial charge in [0.15, 0.2) is 0 Å². The van der Waals surface area contributed by atoms with E-state index in [1.165, 1.54) is 0 Å². The Labute approximate surface area is 119 Å². The molecule has 20 heavy (non-hydrogen) atoms. The zero-order chi connectivity index (χ0) is 14.5. The quantitative estimate of drug-likeness (QED) is 0.802. The van der Waals surface area contributed by atoms with Crippen molar-refractivity contribution in [2.75, 3.05) is 0 Å². The molecule has 3 rings (SSSR count). The van der Waals surface area contributed by atoms with Gasteiger partial charge in [0, 0.05) is 17.5 Å². The first kappa shape index (κ1) is 13.8. The minimum atomic E-state index is -3.50. The lowest BCUT2D eigenvalue weighted by Crippen LogP contribution is -2.40. The van der Waals surface area contributed by atoms with Crippen LogP contribution in [0.25, 0.3) is 0 Å². The maximum absolute atomic E-state index is 12.8. The van der Waals surface area contributed by atoms with Crippen LogP contribution in [0.15, 0.2) is 29.2 Å². The molecule has 2 heterocycles. The van der Waals surface area contributed by atoms with Crippen LogP contribution in [0.4, 0.5) is 0 Å². The molecule has 4 nitrogen and oxygen atoms in total. The summed E-state index contributed by atoms with van der Waals surface area (Å²) >= 11 is 0. The van der Waals surface area contributed by atoms with E-state index in [-0.39, 0.29) is 12.1 Å². The van der Waals surface area contributed by atoms with E-state index >= 15 is 0 Å². The SMILES string of the molecule is Cc1ccc(S(=O)(=O)N2[C@@H]3CC[C@H]2[C@](C)(C=O)C3)cc1. The lowest BCUT2D eigenvalue weighted by atomic mass is 9.77. The second kappa shape index (κ2) is 4.40. The second-order valence-corrected chi connectivity index (χ2v) is 8.07.